The smallest absolute Gasteiger partial charge is 0.164 e. The highest BCUT2D eigenvalue weighted by molar-refractivity contribution is 6.16. The fourth-order valence-electron chi connectivity index (χ4n) is 6.46. The Morgan fingerprint density at radius 3 is 1.70 bits per heavy atom. The van der Waals surface area contributed by atoms with Gasteiger partial charge in [0, 0.05) is 38.6 Å². The summed E-state index contributed by atoms with van der Waals surface area (Å²) in [6.07, 6.45) is 0. The minimum atomic E-state index is 0.653. The number of rotatable bonds is 3. The third-order valence-corrected chi connectivity index (χ3v) is 8.40. The second-order valence-corrected chi connectivity index (χ2v) is 10.9. The summed E-state index contributed by atoms with van der Waals surface area (Å²) < 4.78 is 2.43. The maximum absolute atomic E-state index is 5.02. The van der Waals surface area contributed by atoms with Crippen molar-refractivity contribution in [3.05, 3.63) is 146 Å². The van der Waals surface area contributed by atoms with Gasteiger partial charge < -0.3 is 4.57 Å². The molecule has 4 heteroatoms. The van der Waals surface area contributed by atoms with Crippen LogP contribution in [-0.4, -0.2) is 19.5 Å². The molecule has 9 rings (SSSR count). The van der Waals surface area contributed by atoms with E-state index in [1.54, 1.807) is 0 Å². The summed E-state index contributed by atoms with van der Waals surface area (Å²) in [4.78, 5) is 14.9. The lowest BCUT2D eigenvalue weighted by Gasteiger charge is -2.14. The standard InChI is InChI=1S/C39H24N4/c1-3-12-25(13-4-1)37-40-38(26-14-5-2-6-15-26)42-39(41-37)27-22-23-28-29-16-7-9-20-34(29)43-35-21-10-8-17-30(35)31-18-11-19-32(36(31)43)33(28)24-27/h1-24H. The van der Waals surface area contributed by atoms with Crippen molar-refractivity contribution in [1.82, 2.24) is 19.5 Å². The molecule has 0 radical (unpaired) electrons. The molecule has 0 atom stereocenters. The first-order valence-electron chi connectivity index (χ1n) is 14.5. The van der Waals surface area contributed by atoms with Crippen molar-refractivity contribution in [1.29, 1.82) is 0 Å². The van der Waals surface area contributed by atoms with Crippen LogP contribution in [0.2, 0.25) is 0 Å². The van der Waals surface area contributed by atoms with Crippen molar-refractivity contribution in [2.45, 2.75) is 0 Å². The molecule has 200 valence electrons. The highest BCUT2D eigenvalue weighted by atomic mass is 15.0. The molecule has 3 heterocycles. The van der Waals surface area contributed by atoms with Crippen LogP contribution in [0.15, 0.2) is 146 Å². The minimum absolute atomic E-state index is 0.653. The Morgan fingerprint density at radius 2 is 0.953 bits per heavy atom. The van der Waals surface area contributed by atoms with Crippen LogP contribution >= 0.6 is 0 Å². The van der Waals surface area contributed by atoms with E-state index in [0.29, 0.717) is 17.5 Å². The first-order valence-corrected chi connectivity index (χ1v) is 14.5. The monoisotopic (exact) mass is 548 g/mol. The Bertz CT molecular complexity index is 2280. The van der Waals surface area contributed by atoms with Gasteiger partial charge in [0.2, 0.25) is 0 Å². The Kier molecular flexibility index (Phi) is 5.16. The molecular weight excluding hydrogens is 524 g/mol. The number of para-hydroxylation sites is 3. The number of benzene rings is 6. The van der Waals surface area contributed by atoms with Crippen LogP contribution < -0.4 is 0 Å². The van der Waals surface area contributed by atoms with E-state index < -0.39 is 0 Å². The summed E-state index contributed by atoms with van der Waals surface area (Å²) in [7, 11) is 0. The summed E-state index contributed by atoms with van der Waals surface area (Å²) in [5, 5.41) is 2.50. The van der Waals surface area contributed by atoms with Crippen molar-refractivity contribution in [2.24, 2.45) is 0 Å². The number of nitrogens with zero attached hydrogens (tertiary/aromatic N) is 4. The van der Waals surface area contributed by atoms with E-state index in [-0.39, 0.29) is 0 Å². The van der Waals surface area contributed by atoms with Gasteiger partial charge in [-0.3, -0.25) is 0 Å². The number of hydrogen-bond acceptors (Lipinski definition) is 3. The molecule has 43 heavy (non-hydrogen) atoms. The van der Waals surface area contributed by atoms with Crippen molar-refractivity contribution in [3.8, 4) is 62.1 Å². The zero-order valence-corrected chi connectivity index (χ0v) is 23.1. The number of fused-ring (bicyclic) bond motifs is 8. The van der Waals surface area contributed by atoms with Crippen LogP contribution in [0.3, 0.4) is 0 Å². The summed E-state index contributed by atoms with van der Waals surface area (Å²) in [6, 6.07) is 50.9. The molecule has 6 aromatic carbocycles. The number of aromatic nitrogens is 4. The maximum atomic E-state index is 5.02. The van der Waals surface area contributed by atoms with E-state index >= 15 is 0 Å². The lowest BCUT2D eigenvalue weighted by molar-refractivity contribution is 1.07. The van der Waals surface area contributed by atoms with Crippen LogP contribution in [-0.2, 0) is 0 Å². The molecule has 2 aromatic heterocycles. The van der Waals surface area contributed by atoms with Crippen LogP contribution in [0.4, 0.5) is 0 Å². The summed E-state index contributed by atoms with van der Waals surface area (Å²) in [6.45, 7) is 0. The zero-order chi connectivity index (χ0) is 28.3. The summed E-state index contributed by atoms with van der Waals surface area (Å²) >= 11 is 0. The SMILES string of the molecule is c1ccc(-c2nc(-c3ccccc3)nc(-c3ccc4c(c3)-c3cccc5c6ccccc6n(c35)-c3ccccc3-4)n2)cc1. The van der Waals surface area contributed by atoms with Crippen LogP contribution in [0.5, 0.6) is 0 Å². The molecule has 4 nitrogen and oxygen atoms in total. The molecule has 0 saturated carbocycles. The molecule has 0 spiro atoms. The summed E-state index contributed by atoms with van der Waals surface area (Å²) in [5.41, 5.74) is 11.2. The van der Waals surface area contributed by atoms with Gasteiger partial charge >= 0.3 is 0 Å². The van der Waals surface area contributed by atoms with Crippen molar-refractivity contribution in [2.75, 3.05) is 0 Å². The van der Waals surface area contributed by atoms with Crippen LogP contribution in [0, 0.1) is 0 Å². The molecule has 0 saturated heterocycles. The van der Waals surface area contributed by atoms with Crippen LogP contribution in [0.25, 0.3) is 83.9 Å². The first-order chi connectivity index (χ1) is 21.3. The van der Waals surface area contributed by atoms with Crippen LogP contribution in [0.1, 0.15) is 0 Å². The van der Waals surface area contributed by atoms with E-state index in [9.17, 15) is 0 Å². The average Bonchev–Trinajstić information content (AvgIpc) is 3.37. The van der Waals surface area contributed by atoms with Gasteiger partial charge in [0.15, 0.2) is 17.5 Å². The van der Waals surface area contributed by atoms with E-state index in [2.05, 4.69) is 89.5 Å². The van der Waals surface area contributed by atoms with E-state index in [0.717, 1.165) is 16.7 Å². The molecule has 1 aliphatic rings. The molecular formula is C39H24N4. The van der Waals surface area contributed by atoms with Gasteiger partial charge in [-0.1, -0.05) is 127 Å². The Balaban J connectivity index is 1.33. The van der Waals surface area contributed by atoms with Gasteiger partial charge in [-0.25, -0.2) is 15.0 Å². The van der Waals surface area contributed by atoms with Gasteiger partial charge in [-0.05, 0) is 29.3 Å². The Morgan fingerprint density at radius 1 is 0.372 bits per heavy atom. The average molecular weight is 549 g/mol. The molecule has 0 aliphatic carbocycles. The fourth-order valence-corrected chi connectivity index (χ4v) is 6.46. The molecule has 0 bridgehead atoms. The largest absolute Gasteiger partial charge is 0.308 e. The third kappa shape index (κ3) is 3.67. The van der Waals surface area contributed by atoms with E-state index in [4.69, 9.17) is 15.0 Å². The second kappa shape index (κ2) is 9.33. The van der Waals surface area contributed by atoms with Crippen molar-refractivity contribution >= 4 is 21.8 Å². The molecule has 1 aliphatic heterocycles. The highest BCUT2D eigenvalue weighted by Crippen LogP contribution is 2.47. The fraction of sp³-hybridized carbons (Fsp3) is 0. The van der Waals surface area contributed by atoms with E-state index in [1.807, 2.05) is 60.7 Å². The van der Waals surface area contributed by atoms with Crippen molar-refractivity contribution < 1.29 is 0 Å². The van der Waals surface area contributed by atoms with Gasteiger partial charge in [-0.2, -0.15) is 0 Å². The van der Waals surface area contributed by atoms with Gasteiger partial charge in [-0.15, -0.1) is 0 Å². The highest BCUT2D eigenvalue weighted by Gasteiger charge is 2.25. The Hall–Kier alpha value is -5.87. The molecule has 0 fully saturated rings. The molecule has 0 unspecified atom stereocenters. The lowest BCUT2D eigenvalue weighted by atomic mass is 9.92. The molecule has 0 N–H and O–H groups in total. The molecule has 0 amide bonds. The zero-order valence-electron chi connectivity index (χ0n) is 23.1. The van der Waals surface area contributed by atoms with E-state index in [1.165, 1.54) is 49.7 Å². The number of hydrogen-bond donors (Lipinski definition) is 0. The minimum Gasteiger partial charge on any atom is -0.308 e. The van der Waals surface area contributed by atoms with Gasteiger partial charge in [0.1, 0.15) is 0 Å². The molecule has 8 aromatic rings. The maximum Gasteiger partial charge on any atom is 0.164 e. The lowest BCUT2D eigenvalue weighted by Crippen LogP contribution is -2.00. The predicted molar refractivity (Wildman–Crippen MR) is 175 cm³/mol. The van der Waals surface area contributed by atoms with Gasteiger partial charge in [0.25, 0.3) is 0 Å². The summed E-state index contributed by atoms with van der Waals surface area (Å²) in [5.74, 6) is 1.97. The third-order valence-electron chi connectivity index (χ3n) is 8.40. The predicted octanol–water partition coefficient (Wildman–Crippen LogP) is 9.62. The van der Waals surface area contributed by atoms with Gasteiger partial charge in [0.05, 0.1) is 16.7 Å². The first kappa shape index (κ1) is 23.8. The normalized spacial score (nSPS) is 11.7. The topological polar surface area (TPSA) is 43.6 Å². The quantitative estimate of drug-likeness (QED) is 0.221. The second-order valence-electron chi connectivity index (χ2n) is 10.9. The van der Waals surface area contributed by atoms with Crippen molar-refractivity contribution in [3.63, 3.8) is 0 Å². The Labute approximate surface area is 248 Å².